The van der Waals surface area contributed by atoms with Crippen molar-refractivity contribution in [1.82, 2.24) is 20.6 Å². The van der Waals surface area contributed by atoms with Gasteiger partial charge < -0.3 is 15.5 Å². The SMILES string of the molecule is O=C(NCCc1ccccc1F)NC1CCCN(c2ncccn2)C1. The van der Waals surface area contributed by atoms with Crippen molar-refractivity contribution >= 4 is 12.0 Å². The fourth-order valence-corrected chi connectivity index (χ4v) is 2.98. The summed E-state index contributed by atoms with van der Waals surface area (Å²) in [7, 11) is 0. The van der Waals surface area contributed by atoms with E-state index >= 15 is 0 Å². The number of rotatable bonds is 5. The van der Waals surface area contributed by atoms with Gasteiger partial charge >= 0.3 is 6.03 Å². The van der Waals surface area contributed by atoms with E-state index in [0.29, 0.717) is 31.0 Å². The van der Waals surface area contributed by atoms with Gasteiger partial charge in [0.25, 0.3) is 0 Å². The van der Waals surface area contributed by atoms with Crippen molar-refractivity contribution in [3.05, 3.63) is 54.1 Å². The maximum absolute atomic E-state index is 13.5. The van der Waals surface area contributed by atoms with Gasteiger partial charge in [-0.15, -0.1) is 0 Å². The minimum atomic E-state index is -0.240. The Morgan fingerprint density at radius 2 is 2.04 bits per heavy atom. The van der Waals surface area contributed by atoms with Gasteiger partial charge in [0.15, 0.2) is 0 Å². The third kappa shape index (κ3) is 4.89. The number of hydrogen-bond donors (Lipinski definition) is 2. The highest BCUT2D eigenvalue weighted by atomic mass is 19.1. The summed E-state index contributed by atoms with van der Waals surface area (Å²) in [5, 5.41) is 5.77. The fraction of sp³-hybridized carbons (Fsp3) is 0.389. The summed E-state index contributed by atoms with van der Waals surface area (Å²) < 4.78 is 13.5. The quantitative estimate of drug-likeness (QED) is 0.872. The molecule has 2 N–H and O–H groups in total. The van der Waals surface area contributed by atoms with E-state index in [1.165, 1.54) is 6.07 Å². The number of carbonyl (C=O) groups excluding carboxylic acids is 1. The molecule has 1 fully saturated rings. The highest BCUT2D eigenvalue weighted by Crippen LogP contribution is 2.15. The molecule has 7 heteroatoms. The molecule has 0 saturated carbocycles. The number of nitrogens with zero attached hydrogens (tertiary/aromatic N) is 3. The molecule has 1 aromatic heterocycles. The number of hydrogen-bond acceptors (Lipinski definition) is 4. The summed E-state index contributed by atoms with van der Waals surface area (Å²) in [6.45, 7) is 1.97. The number of aromatic nitrogens is 2. The van der Waals surface area contributed by atoms with Crippen molar-refractivity contribution in [2.45, 2.75) is 25.3 Å². The van der Waals surface area contributed by atoms with Crippen molar-refractivity contribution in [2.75, 3.05) is 24.5 Å². The van der Waals surface area contributed by atoms with Crippen molar-refractivity contribution in [2.24, 2.45) is 0 Å². The smallest absolute Gasteiger partial charge is 0.315 e. The molecule has 1 atom stereocenters. The second-order valence-corrected chi connectivity index (χ2v) is 6.08. The lowest BCUT2D eigenvalue weighted by atomic mass is 10.1. The summed E-state index contributed by atoms with van der Waals surface area (Å²) in [5.41, 5.74) is 0.605. The van der Waals surface area contributed by atoms with Crippen LogP contribution in [-0.2, 0) is 6.42 Å². The van der Waals surface area contributed by atoms with Crippen LogP contribution in [0.25, 0.3) is 0 Å². The molecule has 2 aromatic rings. The van der Waals surface area contributed by atoms with Crippen LogP contribution in [0.15, 0.2) is 42.7 Å². The molecule has 25 heavy (non-hydrogen) atoms. The van der Waals surface area contributed by atoms with Crippen molar-refractivity contribution < 1.29 is 9.18 Å². The van der Waals surface area contributed by atoms with E-state index in [9.17, 15) is 9.18 Å². The van der Waals surface area contributed by atoms with Gasteiger partial charge in [-0.1, -0.05) is 18.2 Å². The molecule has 2 heterocycles. The van der Waals surface area contributed by atoms with Gasteiger partial charge in [0, 0.05) is 38.1 Å². The standard InChI is InChI=1S/C18H22FN5O/c19-16-7-2-1-5-14(16)8-11-22-18(25)23-15-6-3-12-24(13-15)17-20-9-4-10-21-17/h1-2,4-5,7,9-10,15H,3,6,8,11-13H2,(H2,22,23,25). The Morgan fingerprint density at radius 3 is 2.84 bits per heavy atom. The lowest BCUT2D eigenvalue weighted by Gasteiger charge is -2.33. The molecular formula is C18H22FN5O. The zero-order valence-electron chi connectivity index (χ0n) is 14.0. The van der Waals surface area contributed by atoms with Gasteiger partial charge in [-0.25, -0.2) is 19.2 Å². The predicted octanol–water partition coefficient (Wildman–Crippen LogP) is 2.13. The molecule has 132 valence electrons. The van der Waals surface area contributed by atoms with Gasteiger partial charge in [-0.3, -0.25) is 0 Å². The number of benzene rings is 1. The van der Waals surface area contributed by atoms with Crippen LogP contribution in [-0.4, -0.2) is 41.7 Å². The third-order valence-electron chi connectivity index (χ3n) is 4.23. The average Bonchev–Trinajstić information content (AvgIpc) is 2.64. The predicted molar refractivity (Wildman–Crippen MR) is 93.9 cm³/mol. The molecule has 6 nitrogen and oxygen atoms in total. The molecule has 3 rings (SSSR count). The Balaban J connectivity index is 1.44. The van der Waals surface area contributed by atoms with Gasteiger partial charge in [-0.2, -0.15) is 0 Å². The normalized spacial score (nSPS) is 17.2. The first-order valence-corrected chi connectivity index (χ1v) is 8.52. The van der Waals surface area contributed by atoms with E-state index < -0.39 is 0 Å². The zero-order valence-corrected chi connectivity index (χ0v) is 14.0. The van der Waals surface area contributed by atoms with Crippen LogP contribution in [0.2, 0.25) is 0 Å². The summed E-state index contributed by atoms with van der Waals surface area (Å²) >= 11 is 0. The van der Waals surface area contributed by atoms with E-state index in [1.54, 1.807) is 36.7 Å². The number of amides is 2. The molecule has 0 spiro atoms. The Labute approximate surface area is 146 Å². The van der Waals surface area contributed by atoms with Gasteiger partial charge in [0.2, 0.25) is 5.95 Å². The minimum Gasteiger partial charge on any atom is -0.339 e. The first-order valence-electron chi connectivity index (χ1n) is 8.52. The van der Waals surface area contributed by atoms with E-state index in [2.05, 4.69) is 25.5 Å². The number of anilines is 1. The van der Waals surface area contributed by atoms with Crippen LogP contribution in [0.3, 0.4) is 0 Å². The van der Waals surface area contributed by atoms with Crippen LogP contribution >= 0.6 is 0 Å². The van der Waals surface area contributed by atoms with Crippen LogP contribution in [0, 0.1) is 5.82 Å². The zero-order chi connectivity index (χ0) is 17.5. The Hall–Kier alpha value is -2.70. The summed E-state index contributed by atoms with van der Waals surface area (Å²) in [5.74, 6) is 0.449. The largest absolute Gasteiger partial charge is 0.339 e. The number of piperidine rings is 1. The van der Waals surface area contributed by atoms with Crippen LogP contribution < -0.4 is 15.5 Å². The summed E-state index contributed by atoms with van der Waals surface area (Å²) in [6.07, 6.45) is 5.79. The van der Waals surface area contributed by atoms with E-state index in [-0.39, 0.29) is 17.9 Å². The van der Waals surface area contributed by atoms with Crippen molar-refractivity contribution in [3.8, 4) is 0 Å². The summed E-state index contributed by atoms with van der Waals surface area (Å²) in [6, 6.07) is 8.21. The summed E-state index contributed by atoms with van der Waals surface area (Å²) in [4.78, 5) is 22.7. The Morgan fingerprint density at radius 1 is 1.24 bits per heavy atom. The van der Waals surface area contributed by atoms with Crippen LogP contribution in [0.4, 0.5) is 15.1 Å². The van der Waals surface area contributed by atoms with E-state index in [0.717, 1.165) is 19.4 Å². The highest BCUT2D eigenvalue weighted by Gasteiger charge is 2.22. The average molecular weight is 343 g/mol. The second-order valence-electron chi connectivity index (χ2n) is 6.08. The van der Waals surface area contributed by atoms with Gasteiger partial charge in [0.05, 0.1) is 0 Å². The molecule has 0 bridgehead atoms. The molecule has 0 radical (unpaired) electrons. The van der Waals surface area contributed by atoms with E-state index in [1.807, 2.05) is 0 Å². The Kier molecular flexibility index (Phi) is 5.77. The number of nitrogens with one attached hydrogen (secondary N) is 2. The van der Waals surface area contributed by atoms with Crippen molar-refractivity contribution in [1.29, 1.82) is 0 Å². The molecule has 1 unspecified atom stereocenters. The first kappa shape index (κ1) is 17.1. The lowest BCUT2D eigenvalue weighted by Crippen LogP contribution is -2.51. The molecule has 2 amide bonds. The maximum atomic E-state index is 13.5. The van der Waals surface area contributed by atoms with Crippen molar-refractivity contribution in [3.63, 3.8) is 0 Å². The molecule has 1 aliphatic heterocycles. The fourth-order valence-electron chi connectivity index (χ4n) is 2.98. The number of carbonyl (C=O) groups is 1. The van der Waals surface area contributed by atoms with Crippen LogP contribution in [0.1, 0.15) is 18.4 Å². The molecule has 1 aliphatic rings. The van der Waals surface area contributed by atoms with Crippen LogP contribution in [0.5, 0.6) is 0 Å². The first-order chi connectivity index (χ1) is 12.2. The second kappa shape index (κ2) is 8.41. The number of urea groups is 1. The molecule has 1 saturated heterocycles. The highest BCUT2D eigenvalue weighted by molar-refractivity contribution is 5.74. The maximum Gasteiger partial charge on any atom is 0.315 e. The molecule has 0 aliphatic carbocycles. The Bertz CT molecular complexity index is 697. The topological polar surface area (TPSA) is 70.2 Å². The monoisotopic (exact) mass is 343 g/mol. The third-order valence-corrected chi connectivity index (χ3v) is 4.23. The lowest BCUT2D eigenvalue weighted by molar-refractivity contribution is 0.235. The van der Waals surface area contributed by atoms with Gasteiger partial charge in [0.1, 0.15) is 5.82 Å². The minimum absolute atomic E-state index is 0.0472. The number of halogens is 1. The molecular weight excluding hydrogens is 321 g/mol. The van der Waals surface area contributed by atoms with Gasteiger partial charge in [-0.05, 0) is 37.0 Å². The van der Waals surface area contributed by atoms with E-state index in [4.69, 9.17) is 0 Å². The molecule has 1 aromatic carbocycles.